The Kier molecular flexibility index (Phi) is 7.38. The maximum Gasteiger partial charge on any atom is 0.387 e. The number of benzene rings is 2. The highest BCUT2D eigenvalue weighted by atomic mass is 32.2. The summed E-state index contributed by atoms with van der Waals surface area (Å²) in [7, 11) is -3.49. The van der Waals surface area contributed by atoms with Gasteiger partial charge in [0.2, 0.25) is 15.9 Å². The highest BCUT2D eigenvalue weighted by molar-refractivity contribution is 7.89. The topological polar surface area (TPSA) is 75.7 Å². The number of alkyl halides is 2. The van der Waals surface area contributed by atoms with Gasteiger partial charge in [-0.2, -0.15) is 13.1 Å². The maximum absolute atomic E-state index is 12.7. The number of halogens is 2. The van der Waals surface area contributed by atoms with Gasteiger partial charge in [0, 0.05) is 19.6 Å². The van der Waals surface area contributed by atoms with Crippen molar-refractivity contribution in [3.8, 4) is 5.75 Å². The molecule has 0 spiro atoms. The van der Waals surface area contributed by atoms with Crippen LogP contribution in [0.1, 0.15) is 30.4 Å². The fourth-order valence-electron chi connectivity index (χ4n) is 3.27. The van der Waals surface area contributed by atoms with Gasteiger partial charge in [-0.15, -0.1) is 0 Å². The van der Waals surface area contributed by atoms with Crippen LogP contribution in [0.2, 0.25) is 0 Å². The Hall–Kier alpha value is -2.52. The maximum atomic E-state index is 12.7. The number of hydrogen-bond donors (Lipinski definition) is 1. The highest BCUT2D eigenvalue weighted by Gasteiger charge is 2.25. The minimum absolute atomic E-state index is 0.0553. The van der Waals surface area contributed by atoms with Crippen LogP contribution in [0.25, 0.3) is 0 Å². The van der Waals surface area contributed by atoms with Gasteiger partial charge in [0.25, 0.3) is 0 Å². The molecule has 0 atom stereocenters. The van der Waals surface area contributed by atoms with Gasteiger partial charge in [0.1, 0.15) is 5.75 Å². The van der Waals surface area contributed by atoms with Crippen molar-refractivity contribution in [3.05, 3.63) is 59.7 Å². The molecular weight excluding hydrogens is 414 g/mol. The molecule has 1 aliphatic rings. The average molecular weight is 438 g/mol. The number of carbonyl (C=O) groups excluding carboxylic acids is 1. The zero-order valence-corrected chi connectivity index (χ0v) is 17.2. The van der Waals surface area contributed by atoms with Crippen LogP contribution < -0.4 is 10.1 Å². The predicted molar refractivity (Wildman–Crippen MR) is 108 cm³/mol. The molecule has 162 valence electrons. The molecule has 0 bridgehead atoms. The number of ether oxygens (including phenoxy) is 1. The molecule has 1 heterocycles. The van der Waals surface area contributed by atoms with E-state index in [9.17, 15) is 22.0 Å². The Morgan fingerprint density at radius 1 is 0.967 bits per heavy atom. The number of sulfonamides is 1. The van der Waals surface area contributed by atoms with Crippen molar-refractivity contribution < 1.29 is 26.7 Å². The van der Waals surface area contributed by atoms with E-state index in [-0.39, 0.29) is 29.5 Å². The molecule has 0 saturated carbocycles. The number of piperidine rings is 1. The first kappa shape index (κ1) is 22.2. The van der Waals surface area contributed by atoms with Crippen LogP contribution in [-0.2, 0) is 27.8 Å². The lowest BCUT2D eigenvalue weighted by molar-refractivity contribution is -0.120. The van der Waals surface area contributed by atoms with E-state index in [1.165, 1.54) is 28.6 Å². The van der Waals surface area contributed by atoms with Gasteiger partial charge in [-0.3, -0.25) is 4.79 Å². The highest BCUT2D eigenvalue weighted by Crippen LogP contribution is 2.21. The van der Waals surface area contributed by atoms with Crippen LogP contribution in [0.3, 0.4) is 0 Å². The summed E-state index contributed by atoms with van der Waals surface area (Å²) in [6.07, 6.45) is 2.91. The second-order valence-corrected chi connectivity index (χ2v) is 9.02. The van der Waals surface area contributed by atoms with Crippen molar-refractivity contribution in [1.29, 1.82) is 0 Å². The van der Waals surface area contributed by atoms with Crippen LogP contribution in [-0.4, -0.2) is 38.3 Å². The summed E-state index contributed by atoms with van der Waals surface area (Å²) in [6.45, 7) is -1.55. The summed E-state index contributed by atoms with van der Waals surface area (Å²) in [6, 6.07) is 12.4. The number of nitrogens with one attached hydrogen (secondary N) is 1. The van der Waals surface area contributed by atoms with E-state index in [1.807, 2.05) is 0 Å². The Labute approximate surface area is 174 Å². The van der Waals surface area contributed by atoms with Gasteiger partial charge in [0.15, 0.2) is 0 Å². The van der Waals surface area contributed by atoms with E-state index in [0.29, 0.717) is 18.7 Å². The number of amides is 1. The van der Waals surface area contributed by atoms with Gasteiger partial charge in [-0.05, 0) is 48.2 Å². The van der Waals surface area contributed by atoms with Crippen molar-refractivity contribution in [2.75, 3.05) is 13.1 Å². The van der Waals surface area contributed by atoms with Gasteiger partial charge in [-0.25, -0.2) is 8.42 Å². The normalized spacial score (nSPS) is 15.2. The van der Waals surface area contributed by atoms with Crippen LogP contribution in [0.5, 0.6) is 5.75 Å². The van der Waals surface area contributed by atoms with Gasteiger partial charge < -0.3 is 10.1 Å². The number of nitrogens with zero attached hydrogens (tertiary/aromatic N) is 1. The Balaban J connectivity index is 1.52. The van der Waals surface area contributed by atoms with Crippen molar-refractivity contribution in [2.24, 2.45) is 0 Å². The zero-order chi connectivity index (χ0) is 21.6. The molecule has 1 aliphatic heterocycles. The molecule has 3 rings (SSSR count). The second-order valence-electron chi connectivity index (χ2n) is 7.08. The van der Waals surface area contributed by atoms with Gasteiger partial charge >= 0.3 is 6.61 Å². The molecule has 0 aromatic heterocycles. The van der Waals surface area contributed by atoms with E-state index < -0.39 is 16.6 Å². The first-order valence-corrected chi connectivity index (χ1v) is 11.2. The molecule has 6 nitrogen and oxygen atoms in total. The Bertz CT molecular complexity index is 942. The summed E-state index contributed by atoms with van der Waals surface area (Å²) in [5.74, 6) is -0.172. The van der Waals surface area contributed by atoms with Crippen LogP contribution in [0, 0.1) is 0 Å². The smallest absolute Gasteiger partial charge is 0.387 e. The largest absolute Gasteiger partial charge is 0.435 e. The molecule has 2 aromatic rings. The molecule has 1 saturated heterocycles. The van der Waals surface area contributed by atoms with E-state index in [1.54, 1.807) is 24.3 Å². The van der Waals surface area contributed by atoms with E-state index >= 15 is 0 Å². The van der Waals surface area contributed by atoms with Crippen molar-refractivity contribution in [1.82, 2.24) is 9.62 Å². The zero-order valence-electron chi connectivity index (χ0n) is 16.4. The lowest BCUT2D eigenvalue weighted by atomic mass is 10.1. The minimum Gasteiger partial charge on any atom is -0.435 e. The minimum atomic E-state index is -3.49. The number of carbonyl (C=O) groups is 1. The first-order chi connectivity index (χ1) is 14.3. The molecular formula is C21H24F2N2O4S. The monoisotopic (exact) mass is 438 g/mol. The van der Waals surface area contributed by atoms with Crippen LogP contribution >= 0.6 is 0 Å². The molecule has 1 fully saturated rings. The lowest BCUT2D eigenvalue weighted by Crippen LogP contribution is -2.35. The second kappa shape index (κ2) is 9.99. The standard InChI is InChI=1S/C21H24F2N2O4S/c22-21(23)29-18-8-4-17(5-9-18)15-24-20(26)14-16-6-10-19(11-7-16)30(27,28)25-12-2-1-3-13-25/h4-11,21H,1-3,12-15H2,(H,24,26). The van der Waals surface area contributed by atoms with E-state index in [4.69, 9.17) is 0 Å². The summed E-state index contributed by atoms with van der Waals surface area (Å²) >= 11 is 0. The van der Waals surface area contributed by atoms with Gasteiger partial charge in [-0.1, -0.05) is 30.7 Å². The van der Waals surface area contributed by atoms with Gasteiger partial charge in [0.05, 0.1) is 11.3 Å². The quantitative estimate of drug-likeness (QED) is 0.686. The molecule has 2 aromatic carbocycles. The number of rotatable bonds is 8. The molecule has 0 unspecified atom stereocenters. The first-order valence-electron chi connectivity index (χ1n) is 9.74. The number of hydrogen-bond acceptors (Lipinski definition) is 4. The van der Waals surface area contributed by atoms with Crippen molar-refractivity contribution >= 4 is 15.9 Å². The summed E-state index contributed by atoms with van der Waals surface area (Å²) in [4.78, 5) is 12.4. The fourth-order valence-corrected chi connectivity index (χ4v) is 4.79. The van der Waals surface area contributed by atoms with Crippen molar-refractivity contribution in [2.45, 2.75) is 43.7 Å². The third kappa shape index (κ3) is 5.99. The molecule has 0 aliphatic carbocycles. The molecule has 0 radical (unpaired) electrons. The third-order valence-electron chi connectivity index (χ3n) is 4.88. The molecule has 9 heteroatoms. The summed E-state index contributed by atoms with van der Waals surface area (Å²) in [5.41, 5.74) is 1.44. The van der Waals surface area contributed by atoms with Crippen LogP contribution in [0.4, 0.5) is 8.78 Å². The molecule has 1 amide bonds. The fraction of sp³-hybridized carbons (Fsp3) is 0.381. The van der Waals surface area contributed by atoms with E-state index in [2.05, 4.69) is 10.1 Å². The lowest BCUT2D eigenvalue weighted by Gasteiger charge is -2.25. The van der Waals surface area contributed by atoms with E-state index in [0.717, 1.165) is 24.8 Å². The predicted octanol–water partition coefficient (Wildman–Crippen LogP) is 3.32. The Morgan fingerprint density at radius 3 is 2.17 bits per heavy atom. The molecule has 30 heavy (non-hydrogen) atoms. The van der Waals surface area contributed by atoms with Crippen LogP contribution in [0.15, 0.2) is 53.4 Å². The molecule has 1 N–H and O–H groups in total. The third-order valence-corrected chi connectivity index (χ3v) is 6.79. The SMILES string of the molecule is O=C(Cc1ccc(S(=O)(=O)N2CCCCC2)cc1)NCc1ccc(OC(F)F)cc1. The van der Waals surface area contributed by atoms with Crippen molar-refractivity contribution in [3.63, 3.8) is 0 Å². The summed E-state index contributed by atoms with van der Waals surface area (Å²) < 4.78 is 55.4. The Morgan fingerprint density at radius 2 is 1.57 bits per heavy atom. The average Bonchev–Trinajstić information content (AvgIpc) is 2.74. The summed E-state index contributed by atoms with van der Waals surface area (Å²) in [5, 5.41) is 2.75.